The Morgan fingerprint density at radius 3 is 2.95 bits per heavy atom. The van der Waals surface area contributed by atoms with Crippen LogP contribution >= 0.6 is 15.9 Å². The molecule has 0 radical (unpaired) electrons. The second-order valence-corrected chi connectivity index (χ2v) is 5.42. The van der Waals surface area contributed by atoms with Crippen molar-refractivity contribution in [3.63, 3.8) is 0 Å². The van der Waals surface area contributed by atoms with Crippen LogP contribution in [0.1, 0.15) is 5.56 Å². The maximum absolute atomic E-state index is 11.9. The fourth-order valence-electron chi connectivity index (χ4n) is 2.25. The molecule has 1 aromatic rings. The minimum atomic E-state index is -0.304. The number of carbonyl (C=O) groups is 1. The van der Waals surface area contributed by atoms with Gasteiger partial charge in [-0.25, -0.2) is 4.79 Å². The van der Waals surface area contributed by atoms with Crippen molar-refractivity contribution in [1.29, 1.82) is 0 Å². The van der Waals surface area contributed by atoms with E-state index in [0.29, 0.717) is 19.7 Å². The summed E-state index contributed by atoms with van der Waals surface area (Å²) in [6, 6.07) is 9.63. The summed E-state index contributed by atoms with van der Waals surface area (Å²) in [6.07, 6.45) is -0.346. The molecule has 100 valence electrons. The molecule has 2 aliphatic heterocycles. The zero-order valence-corrected chi connectivity index (χ0v) is 11.7. The Bertz CT molecular complexity index is 506. The summed E-state index contributed by atoms with van der Waals surface area (Å²) in [4.78, 5) is 18.8. The Kier molecular flexibility index (Phi) is 3.42. The molecule has 1 saturated heterocycles. The number of rotatable bonds is 2. The summed E-state index contributed by atoms with van der Waals surface area (Å²) in [5.74, 6) is 0.143. The van der Waals surface area contributed by atoms with Crippen LogP contribution in [-0.2, 0) is 16.2 Å². The van der Waals surface area contributed by atoms with Gasteiger partial charge in [-0.05, 0) is 21.5 Å². The molecule has 1 fully saturated rings. The molecule has 19 heavy (non-hydrogen) atoms. The fourth-order valence-corrected chi connectivity index (χ4v) is 2.78. The second-order valence-electron chi connectivity index (χ2n) is 4.61. The first-order chi connectivity index (χ1) is 9.24. The first kappa shape index (κ1) is 12.5. The molecule has 5 nitrogen and oxygen atoms in total. The summed E-state index contributed by atoms with van der Waals surface area (Å²) >= 11 is 3.34. The predicted molar refractivity (Wildman–Crippen MR) is 72.9 cm³/mol. The third-order valence-electron chi connectivity index (χ3n) is 3.31. The molecule has 1 amide bonds. The van der Waals surface area contributed by atoms with Crippen LogP contribution in [0.4, 0.5) is 4.79 Å². The summed E-state index contributed by atoms with van der Waals surface area (Å²) < 4.78 is 6.06. The Hall–Kier alpha value is -1.56. The summed E-state index contributed by atoms with van der Waals surface area (Å²) in [5.41, 5.74) is 0.981. The molecule has 0 saturated carbocycles. The quantitative estimate of drug-likeness (QED) is 0.839. The van der Waals surface area contributed by atoms with E-state index in [4.69, 9.17) is 9.57 Å². The maximum Gasteiger partial charge on any atom is 0.410 e. The highest BCUT2D eigenvalue weighted by molar-refractivity contribution is 9.18. The molecule has 0 bridgehead atoms. The van der Waals surface area contributed by atoms with Crippen LogP contribution in [0.25, 0.3) is 0 Å². The first-order valence-electron chi connectivity index (χ1n) is 6.09. The Labute approximate surface area is 119 Å². The lowest BCUT2D eigenvalue weighted by Gasteiger charge is -2.16. The van der Waals surface area contributed by atoms with E-state index in [1.165, 1.54) is 0 Å². The molecular formula is C13H13BrN2O3. The van der Waals surface area contributed by atoms with Crippen LogP contribution in [0.3, 0.4) is 0 Å². The molecule has 3 rings (SSSR count). The van der Waals surface area contributed by atoms with Crippen LogP contribution < -0.4 is 0 Å². The molecule has 1 aromatic carbocycles. The van der Waals surface area contributed by atoms with Gasteiger partial charge in [-0.3, -0.25) is 0 Å². The number of halogens is 1. The summed E-state index contributed by atoms with van der Waals surface area (Å²) in [5, 5.41) is 3.86. The van der Waals surface area contributed by atoms with Crippen molar-refractivity contribution in [2.45, 2.75) is 12.7 Å². The average molecular weight is 325 g/mol. The molecule has 0 N–H and O–H groups in total. The van der Waals surface area contributed by atoms with Crippen molar-refractivity contribution >= 4 is 26.6 Å². The molecule has 0 aromatic heterocycles. The first-order valence-corrected chi connectivity index (χ1v) is 6.88. The standard InChI is InChI=1S/C13H13BrN2O3/c14-12-10-6-16(7-11(10)19-15-12)13(17)18-8-9-4-2-1-3-5-9/h1-5,10-11H,6-8H2/t10-,11+/m1/s1. The molecule has 2 heterocycles. The Balaban J connectivity index is 1.53. The predicted octanol–water partition coefficient (Wildman–Crippen LogP) is 2.36. The van der Waals surface area contributed by atoms with E-state index in [9.17, 15) is 4.79 Å². The summed E-state index contributed by atoms with van der Waals surface area (Å²) in [7, 11) is 0. The van der Waals surface area contributed by atoms with Crippen LogP contribution in [0.2, 0.25) is 0 Å². The number of nitrogens with zero attached hydrogens (tertiary/aromatic N) is 2. The lowest BCUT2D eigenvalue weighted by atomic mass is 10.1. The van der Waals surface area contributed by atoms with E-state index in [2.05, 4.69) is 21.1 Å². The Morgan fingerprint density at radius 1 is 1.42 bits per heavy atom. The van der Waals surface area contributed by atoms with Gasteiger partial charge in [0.1, 0.15) is 11.2 Å². The van der Waals surface area contributed by atoms with Crippen LogP contribution in [0, 0.1) is 5.92 Å². The van der Waals surface area contributed by atoms with Gasteiger partial charge in [-0.15, -0.1) is 0 Å². The van der Waals surface area contributed by atoms with Crippen LogP contribution in [0.5, 0.6) is 0 Å². The number of hydrogen-bond donors (Lipinski definition) is 0. The normalized spacial score (nSPS) is 24.7. The molecule has 0 spiro atoms. The maximum atomic E-state index is 11.9. The van der Waals surface area contributed by atoms with Crippen molar-refractivity contribution < 1.29 is 14.4 Å². The number of likely N-dealkylation sites (tertiary alicyclic amines) is 1. The van der Waals surface area contributed by atoms with E-state index >= 15 is 0 Å². The molecule has 0 aliphatic carbocycles. The minimum absolute atomic E-state index is 0.0429. The lowest BCUT2D eigenvalue weighted by Crippen LogP contribution is -2.30. The SMILES string of the molecule is O=C(OCc1ccccc1)N1C[C@@H]2ON=C(Br)[C@@H]2C1. The highest BCUT2D eigenvalue weighted by Gasteiger charge is 2.43. The van der Waals surface area contributed by atoms with Gasteiger partial charge in [-0.2, -0.15) is 0 Å². The van der Waals surface area contributed by atoms with Gasteiger partial charge in [0.05, 0.1) is 12.5 Å². The topological polar surface area (TPSA) is 51.1 Å². The molecule has 0 unspecified atom stereocenters. The molecule has 2 atom stereocenters. The largest absolute Gasteiger partial charge is 0.445 e. The van der Waals surface area contributed by atoms with E-state index in [-0.39, 0.29) is 18.1 Å². The number of amides is 1. The molecule has 2 aliphatic rings. The number of carbonyl (C=O) groups excluding carboxylic acids is 1. The zero-order valence-electron chi connectivity index (χ0n) is 10.2. The van der Waals surface area contributed by atoms with Crippen molar-refractivity contribution in [2.75, 3.05) is 13.1 Å². The summed E-state index contributed by atoms with van der Waals surface area (Å²) in [6.45, 7) is 1.40. The smallest absolute Gasteiger partial charge is 0.410 e. The monoisotopic (exact) mass is 324 g/mol. The van der Waals surface area contributed by atoms with Gasteiger partial charge in [-0.1, -0.05) is 35.5 Å². The second kappa shape index (κ2) is 5.21. The van der Waals surface area contributed by atoms with Gasteiger partial charge in [0.15, 0.2) is 6.10 Å². The number of oxime groups is 1. The van der Waals surface area contributed by atoms with Gasteiger partial charge in [0.25, 0.3) is 0 Å². The van der Waals surface area contributed by atoms with E-state index in [1.807, 2.05) is 30.3 Å². The number of hydrogen-bond acceptors (Lipinski definition) is 4. The van der Waals surface area contributed by atoms with Crippen LogP contribution in [0.15, 0.2) is 35.5 Å². The molecule has 6 heteroatoms. The van der Waals surface area contributed by atoms with Crippen molar-refractivity contribution in [1.82, 2.24) is 4.90 Å². The Morgan fingerprint density at radius 2 is 2.21 bits per heavy atom. The number of benzene rings is 1. The number of fused-ring (bicyclic) bond motifs is 1. The number of ether oxygens (including phenoxy) is 1. The van der Waals surface area contributed by atoms with Crippen LogP contribution in [-0.4, -0.2) is 34.8 Å². The van der Waals surface area contributed by atoms with E-state index < -0.39 is 0 Å². The van der Waals surface area contributed by atoms with Crippen molar-refractivity contribution in [3.8, 4) is 0 Å². The van der Waals surface area contributed by atoms with Gasteiger partial charge in [0.2, 0.25) is 0 Å². The highest BCUT2D eigenvalue weighted by atomic mass is 79.9. The average Bonchev–Trinajstić information content (AvgIpc) is 3.00. The lowest BCUT2D eigenvalue weighted by molar-refractivity contribution is 0.0664. The van der Waals surface area contributed by atoms with Gasteiger partial charge in [0, 0.05) is 6.54 Å². The minimum Gasteiger partial charge on any atom is -0.445 e. The van der Waals surface area contributed by atoms with E-state index in [0.717, 1.165) is 10.2 Å². The van der Waals surface area contributed by atoms with E-state index in [1.54, 1.807) is 4.90 Å². The van der Waals surface area contributed by atoms with Crippen molar-refractivity contribution in [2.24, 2.45) is 11.1 Å². The third kappa shape index (κ3) is 2.58. The third-order valence-corrected chi connectivity index (χ3v) is 4.04. The highest BCUT2D eigenvalue weighted by Crippen LogP contribution is 2.29. The molecular weight excluding hydrogens is 312 g/mol. The van der Waals surface area contributed by atoms with Crippen molar-refractivity contribution in [3.05, 3.63) is 35.9 Å². The van der Waals surface area contributed by atoms with Gasteiger partial charge >= 0.3 is 6.09 Å². The van der Waals surface area contributed by atoms with Gasteiger partial charge < -0.3 is 14.5 Å². The fraction of sp³-hybridized carbons (Fsp3) is 0.385. The zero-order chi connectivity index (χ0) is 13.2.